The first-order valence-electron chi connectivity index (χ1n) is 6.99. The molecule has 1 heterocycles. The third kappa shape index (κ3) is 3.82. The third-order valence-electron chi connectivity index (χ3n) is 3.78. The Bertz CT molecular complexity index is 677. The number of hydrogen-bond acceptors (Lipinski definition) is 5. The van der Waals surface area contributed by atoms with Crippen molar-refractivity contribution >= 4 is 29.7 Å². The van der Waals surface area contributed by atoms with Gasteiger partial charge in [-0.3, -0.25) is 0 Å². The number of aromatic nitrogens is 2. The summed E-state index contributed by atoms with van der Waals surface area (Å²) < 4.78 is 4.96. The van der Waals surface area contributed by atoms with E-state index in [-0.39, 0.29) is 18.3 Å². The zero-order valence-electron chi connectivity index (χ0n) is 11.8. The Labute approximate surface area is 138 Å². The largest absolute Gasteiger partial charge is 0.434 e. The summed E-state index contributed by atoms with van der Waals surface area (Å²) in [7, 11) is 0. The van der Waals surface area contributed by atoms with Crippen molar-refractivity contribution in [2.45, 2.75) is 37.8 Å². The van der Waals surface area contributed by atoms with E-state index in [9.17, 15) is 4.79 Å². The summed E-state index contributed by atoms with van der Waals surface area (Å²) in [5.74, 6) is -0.318. The summed E-state index contributed by atoms with van der Waals surface area (Å²) in [4.78, 5) is 11.0. The first kappa shape index (κ1) is 16.9. The molecule has 1 aromatic carbocycles. The van der Waals surface area contributed by atoms with Crippen molar-refractivity contribution in [3.63, 3.8) is 0 Å². The van der Waals surface area contributed by atoms with Gasteiger partial charge in [-0.2, -0.15) is 0 Å². The maximum atomic E-state index is 11.0. The van der Waals surface area contributed by atoms with E-state index >= 15 is 0 Å². The summed E-state index contributed by atoms with van der Waals surface area (Å²) in [6.45, 7) is 0. The van der Waals surface area contributed by atoms with Crippen LogP contribution < -0.4 is 16.8 Å². The lowest BCUT2D eigenvalue weighted by molar-refractivity contribution is 0.411. The van der Waals surface area contributed by atoms with E-state index in [0.717, 1.165) is 31.4 Å². The summed E-state index contributed by atoms with van der Waals surface area (Å²) in [5.41, 5.74) is 7.44. The highest BCUT2D eigenvalue weighted by atomic mass is 35.5. The van der Waals surface area contributed by atoms with Crippen molar-refractivity contribution in [3.05, 3.63) is 33.8 Å². The molecule has 0 spiro atoms. The van der Waals surface area contributed by atoms with Gasteiger partial charge in [-0.15, -0.1) is 17.5 Å². The number of nitrogens with zero attached hydrogens (tertiary/aromatic N) is 1. The van der Waals surface area contributed by atoms with Crippen LogP contribution in [0.4, 0.5) is 5.69 Å². The molecule has 120 valence electrons. The van der Waals surface area contributed by atoms with Crippen LogP contribution >= 0.6 is 24.0 Å². The van der Waals surface area contributed by atoms with Crippen LogP contribution in [0.3, 0.4) is 0 Å². The van der Waals surface area contributed by atoms with Crippen LogP contribution in [0.25, 0.3) is 11.5 Å². The van der Waals surface area contributed by atoms with E-state index in [2.05, 4.69) is 15.5 Å². The Morgan fingerprint density at radius 3 is 2.68 bits per heavy atom. The molecule has 1 saturated carbocycles. The first-order valence-corrected chi connectivity index (χ1v) is 7.37. The van der Waals surface area contributed by atoms with Crippen LogP contribution in [0.2, 0.25) is 5.02 Å². The molecule has 6 nitrogen and oxygen atoms in total. The number of anilines is 1. The molecule has 0 radical (unpaired) electrons. The van der Waals surface area contributed by atoms with Gasteiger partial charge in [0.25, 0.3) is 0 Å². The second-order valence-electron chi connectivity index (χ2n) is 5.37. The molecule has 4 N–H and O–H groups in total. The van der Waals surface area contributed by atoms with Crippen molar-refractivity contribution in [2.24, 2.45) is 5.73 Å². The normalized spacial score (nSPS) is 21.2. The molecular formula is C14H18Cl2N4O2. The van der Waals surface area contributed by atoms with Gasteiger partial charge in [-0.05, 0) is 43.9 Å². The van der Waals surface area contributed by atoms with Gasteiger partial charge in [0.05, 0.1) is 10.7 Å². The Morgan fingerprint density at radius 2 is 2.05 bits per heavy atom. The SMILES string of the molecule is Cl.N[C@H]1CC[C@@H](Nc2cc(-c3n[nH]c(=O)o3)ccc2Cl)CC1. The van der Waals surface area contributed by atoms with E-state index in [0.29, 0.717) is 22.7 Å². The number of hydrogen-bond donors (Lipinski definition) is 3. The van der Waals surface area contributed by atoms with Gasteiger partial charge in [0, 0.05) is 17.6 Å². The molecule has 3 rings (SSSR count). The Balaban J connectivity index is 0.00000176. The van der Waals surface area contributed by atoms with Crippen molar-refractivity contribution in [1.82, 2.24) is 10.2 Å². The van der Waals surface area contributed by atoms with E-state index in [1.807, 2.05) is 6.07 Å². The van der Waals surface area contributed by atoms with Gasteiger partial charge in [0.1, 0.15) is 0 Å². The molecule has 0 amide bonds. The van der Waals surface area contributed by atoms with Crippen molar-refractivity contribution in [2.75, 3.05) is 5.32 Å². The topological polar surface area (TPSA) is 96.9 Å². The number of nitrogens with two attached hydrogens (primary N) is 1. The minimum atomic E-state index is -0.573. The Kier molecular flexibility index (Phi) is 5.50. The van der Waals surface area contributed by atoms with E-state index < -0.39 is 5.76 Å². The highest BCUT2D eigenvalue weighted by Gasteiger charge is 2.19. The standard InChI is InChI=1S/C14H17ClN4O2.ClH/c15-11-6-1-8(13-18-19-14(20)21-13)7-12(11)17-10-4-2-9(16)3-5-10;/h1,6-7,9-10,17H,2-5,16H2,(H,19,20);1H/t9-,10+;. The predicted octanol–water partition coefficient (Wildman–Crippen LogP) is 2.79. The molecule has 0 bridgehead atoms. The van der Waals surface area contributed by atoms with Crippen LogP contribution in [0.1, 0.15) is 25.7 Å². The molecular weight excluding hydrogens is 327 g/mol. The molecule has 8 heteroatoms. The summed E-state index contributed by atoms with van der Waals surface area (Å²) in [6.07, 6.45) is 4.09. The Morgan fingerprint density at radius 1 is 1.32 bits per heavy atom. The van der Waals surface area contributed by atoms with Gasteiger partial charge in [0.2, 0.25) is 5.89 Å². The third-order valence-corrected chi connectivity index (χ3v) is 4.11. The molecule has 22 heavy (non-hydrogen) atoms. The second kappa shape index (κ2) is 7.17. The summed E-state index contributed by atoms with van der Waals surface area (Å²) in [5, 5.41) is 10.1. The number of rotatable bonds is 3. The molecule has 1 aliphatic rings. The average molecular weight is 345 g/mol. The monoisotopic (exact) mass is 344 g/mol. The van der Waals surface area contributed by atoms with Gasteiger partial charge >= 0.3 is 5.76 Å². The fraction of sp³-hybridized carbons (Fsp3) is 0.429. The van der Waals surface area contributed by atoms with E-state index in [1.165, 1.54) is 0 Å². The van der Waals surface area contributed by atoms with Crippen LogP contribution in [0.15, 0.2) is 27.4 Å². The molecule has 0 unspecified atom stereocenters. The fourth-order valence-electron chi connectivity index (χ4n) is 2.61. The molecule has 1 aliphatic carbocycles. The van der Waals surface area contributed by atoms with Gasteiger partial charge < -0.3 is 15.5 Å². The Hall–Kier alpha value is -1.50. The summed E-state index contributed by atoms with van der Waals surface area (Å²) >= 11 is 6.23. The number of benzene rings is 1. The molecule has 0 atom stereocenters. The minimum Gasteiger partial charge on any atom is -0.388 e. The maximum absolute atomic E-state index is 11.0. The average Bonchev–Trinajstić information content (AvgIpc) is 2.90. The highest BCUT2D eigenvalue weighted by Crippen LogP contribution is 2.30. The molecule has 0 aliphatic heterocycles. The summed E-state index contributed by atoms with van der Waals surface area (Å²) in [6, 6.07) is 6.05. The zero-order chi connectivity index (χ0) is 14.8. The number of halogens is 2. The maximum Gasteiger partial charge on any atom is 0.434 e. The van der Waals surface area contributed by atoms with Gasteiger partial charge in [-0.25, -0.2) is 9.89 Å². The predicted molar refractivity (Wildman–Crippen MR) is 88.7 cm³/mol. The molecule has 2 aromatic rings. The molecule has 1 aromatic heterocycles. The molecule has 1 fully saturated rings. The smallest absolute Gasteiger partial charge is 0.388 e. The van der Waals surface area contributed by atoms with E-state index in [1.54, 1.807) is 12.1 Å². The van der Waals surface area contributed by atoms with Crippen molar-refractivity contribution < 1.29 is 4.42 Å². The quantitative estimate of drug-likeness (QED) is 0.795. The number of H-pyrrole nitrogens is 1. The molecule has 0 saturated heterocycles. The van der Waals surface area contributed by atoms with Gasteiger partial charge in [0.15, 0.2) is 0 Å². The highest BCUT2D eigenvalue weighted by molar-refractivity contribution is 6.33. The van der Waals surface area contributed by atoms with Crippen molar-refractivity contribution in [3.8, 4) is 11.5 Å². The first-order chi connectivity index (χ1) is 10.1. The van der Waals surface area contributed by atoms with E-state index in [4.69, 9.17) is 21.8 Å². The van der Waals surface area contributed by atoms with Crippen LogP contribution in [0, 0.1) is 0 Å². The minimum absolute atomic E-state index is 0. The van der Waals surface area contributed by atoms with Crippen LogP contribution in [-0.4, -0.2) is 22.3 Å². The number of aromatic amines is 1. The van der Waals surface area contributed by atoms with Crippen LogP contribution in [0.5, 0.6) is 0 Å². The second-order valence-corrected chi connectivity index (χ2v) is 5.78. The van der Waals surface area contributed by atoms with Gasteiger partial charge in [-0.1, -0.05) is 11.6 Å². The zero-order valence-corrected chi connectivity index (χ0v) is 13.4. The lowest BCUT2D eigenvalue weighted by Crippen LogP contribution is -2.32. The fourth-order valence-corrected chi connectivity index (χ4v) is 2.78. The van der Waals surface area contributed by atoms with Crippen LogP contribution in [-0.2, 0) is 0 Å². The lowest BCUT2D eigenvalue weighted by atomic mass is 9.91. The number of nitrogens with one attached hydrogen (secondary N) is 2. The van der Waals surface area contributed by atoms with Crippen molar-refractivity contribution in [1.29, 1.82) is 0 Å². The lowest BCUT2D eigenvalue weighted by Gasteiger charge is -2.28.